The van der Waals surface area contributed by atoms with Gasteiger partial charge in [-0.2, -0.15) is 0 Å². The van der Waals surface area contributed by atoms with Crippen LogP contribution in [-0.4, -0.2) is 37.9 Å². The Morgan fingerprint density at radius 3 is 2.62 bits per heavy atom. The minimum absolute atomic E-state index is 0.0672. The van der Waals surface area contributed by atoms with E-state index < -0.39 is 29.3 Å². The van der Waals surface area contributed by atoms with Crippen LogP contribution in [0.3, 0.4) is 0 Å². The Hall–Kier alpha value is -3.66. The quantitative estimate of drug-likeness (QED) is 0.214. The minimum Gasteiger partial charge on any atom is -0.496 e. The van der Waals surface area contributed by atoms with E-state index in [2.05, 4.69) is 10.6 Å². The molecule has 1 spiro atoms. The van der Waals surface area contributed by atoms with E-state index in [1.807, 2.05) is 0 Å². The van der Waals surface area contributed by atoms with Crippen LogP contribution in [0, 0.1) is 5.82 Å². The monoisotopic (exact) mass is 571 g/mol. The number of ether oxygens (including phenoxy) is 2. The zero-order valence-electron chi connectivity index (χ0n) is 20.9. The van der Waals surface area contributed by atoms with Crippen molar-refractivity contribution in [2.24, 2.45) is 0 Å². The Bertz CT molecular complexity index is 1530. The van der Waals surface area contributed by atoms with Crippen LogP contribution in [0.2, 0.25) is 10.0 Å². The van der Waals surface area contributed by atoms with Crippen molar-refractivity contribution in [1.29, 1.82) is 0 Å². The molecule has 0 bridgehead atoms. The molecule has 1 saturated heterocycles. The fourth-order valence-electron chi connectivity index (χ4n) is 5.63. The number of Topliss-reactive ketones (excluding diaryl/α,β-unsaturated/α-hetero) is 1. The summed E-state index contributed by atoms with van der Waals surface area (Å²) in [7, 11) is 2.59. The Labute approximate surface area is 233 Å². The minimum atomic E-state index is -1.37. The summed E-state index contributed by atoms with van der Waals surface area (Å²) in [6.07, 6.45) is 0.178. The molecule has 3 atom stereocenters. The summed E-state index contributed by atoms with van der Waals surface area (Å²) in [5.74, 6) is -2.58. The molecule has 0 aromatic heterocycles. The molecule has 202 valence electrons. The van der Waals surface area contributed by atoms with Gasteiger partial charge < -0.3 is 20.5 Å². The number of amides is 1. The van der Waals surface area contributed by atoms with Gasteiger partial charge in [-0.3, -0.25) is 14.9 Å². The first-order valence-corrected chi connectivity index (χ1v) is 12.8. The van der Waals surface area contributed by atoms with Crippen LogP contribution in [0.25, 0.3) is 0 Å². The molecule has 2 aliphatic heterocycles. The maximum absolute atomic E-state index is 15.3. The Kier molecular flexibility index (Phi) is 7.00. The Balaban J connectivity index is 1.53. The van der Waals surface area contributed by atoms with Gasteiger partial charge in [0.25, 0.3) is 0 Å². The van der Waals surface area contributed by atoms with Crippen molar-refractivity contribution < 1.29 is 28.2 Å². The highest BCUT2D eigenvalue weighted by molar-refractivity contribution is 6.31. The number of methoxy groups -OCH3 is 2. The smallest absolute Gasteiger partial charge is 0.341 e. The molecule has 1 fully saturated rings. The number of nitrogens with two attached hydrogens (primary N) is 1. The van der Waals surface area contributed by atoms with E-state index in [0.717, 1.165) is 0 Å². The Morgan fingerprint density at radius 2 is 1.90 bits per heavy atom. The second-order valence-electron chi connectivity index (χ2n) is 9.48. The van der Waals surface area contributed by atoms with Crippen LogP contribution in [0.4, 0.5) is 15.8 Å². The number of nitrogens with one attached hydrogen (secondary N) is 2. The maximum atomic E-state index is 15.3. The molecule has 39 heavy (non-hydrogen) atoms. The summed E-state index contributed by atoms with van der Waals surface area (Å²) in [4.78, 5) is 39.1. The van der Waals surface area contributed by atoms with Crippen molar-refractivity contribution in [2.45, 2.75) is 30.3 Å². The third kappa shape index (κ3) is 4.40. The van der Waals surface area contributed by atoms with Crippen molar-refractivity contribution >= 4 is 52.2 Å². The lowest BCUT2D eigenvalue weighted by atomic mass is 9.76. The summed E-state index contributed by atoms with van der Waals surface area (Å²) in [5, 5.41) is 6.56. The fraction of sp³-hybridized carbons (Fsp3) is 0.250. The SMILES string of the molecule is COC(=O)c1cc(N)c(C(=O)C[C@H]2CC(c3cccc(Cl)c3F)[C@@]3(N2)C(=O)Nc2cc(Cl)ccc23)cc1OC. The molecule has 0 saturated carbocycles. The van der Waals surface area contributed by atoms with Gasteiger partial charge in [-0.15, -0.1) is 0 Å². The number of rotatable bonds is 6. The average Bonchev–Trinajstić information content (AvgIpc) is 3.41. The van der Waals surface area contributed by atoms with Crippen LogP contribution < -0.4 is 21.1 Å². The number of carbonyl (C=O) groups is 3. The number of hydrogen-bond acceptors (Lipinski definition) is 7. The second-order valence-corrected chi connectivity index (χ2v) is 10.3. The van der Waals surface area contributed by atoms with Crippen LogP contribution >= 0.6 is 23.2 Å². The molecule has 0 radical (unpaired) electrons. The molecule has 1 amide bonds. The molecule has 3 aromatic rings. The van der Waals surface area contributed by atoms with Crippen molar-refractivity contribution in [3.05, 3.63) is 86.6 Å². The number of halogens is 3. The van der Waals surface area contributed by atoms with E-state index in [0.29, 0.717) is 16.3 Å². The van der Waals surface area contributed by atoms with Gasteiger partial charge in [-0.1, -0.05) is 41.4 Å². The van der Waals surface area contributed by atoms with Gasteiger partial charge in [0.05, 0.1) is 19.2 Å². The van der Waals surface area contributed by atoms with E-state index >= 15 is 4.39 Å². The lowest BCUT2D eigenvalue weighted by Gasteiger charge is -2.30. The summed E-state index contributed by atoms with van der Waals surface area (Å²) in [6.45, 7) is 0. The van der Waals surface area contributed by atoms with Crippen LogP contribution in [-0.2, 0) is 15.1 Å². The predicted molar refractivity (Wildman–Crippen MR) is 145 cm³/mol. The molecule has 0 aliphatic carbocycles. The van der Waals surface area contributed by atoms with Gasteiger partial charge in [0.2, 0.25) is 5.91 Å². The molecule has 2 heterocycles. The standard InChI is InChI=1S/C28H24Cl2FN3O5/c1-38-24-12-16(21(32)11-17(24)26(36)39-2)23(35)10-14-9-19(15-4-3-5-20(30)25(15)31)28(34-14)18-7-6-13(29)8-22(18)33-27(28)37/h3-8,11-12,14,19,34H,9-10,32H2,1-2H3,(H,33,37)/t14-,19?,28-/m1/s1. The lowest BCUT2D eigenvalue weighted by molar-refractivity contribution is -0.122. The number of carbonyl (C=O) groups excluding carboxylic acids is 3. The van der Waals surface area contributed by atoms with Gasteiger partial charge in [0.1, 0.15) is 22.7 Å². The number of benzene rings is 3. The number of nitrogen functional groups attached to an aromatic ring is 1. The first-order valence-electron chi connectivity index (χ1n) is 12.0. The number of fused-ring (bicyclic) bond motifs is 2. The summed E-state index contributed by atoms with van der Waals surface area (Å²) in [6, 6.07) is 11.8. The third-order valence-electron chi connectivity index (χ3n) is 7.35. The maximum Gasteiger partial charge on any atom is 0.341 e. The molecule has 2 aliphatic rings. The first kappa shape index (κ1) is 26.9. The molecular formula is C28H24Cl2FN3O5. The Morgan fingerprint density at radius 1 is 1.13 bits per heavy atom. The fourth-order valence-corrected chi connectivity index (χ4v) is 5.99. The van der Waals surface area contributed by atoms with E-state index in [9.17, 15) is 14.4 Å². The highest BCUT2D eigenvalue weighted by Crippen LogP contribution is 2.53. The molecule has 8 nitrogen and oxygen atoms in total. The van der Waals surface area contributed by atoms with Crippen molar-refractivity contribution in [1.82, 2.24) is 5.32 Å². The zero-order valence-corrected chi connectivity index (χ0v) is 22.5. The van der Waals surface area contributed by atoms with Gasteiger partial charge in [0, 0.05) is 45.9 Å². The highest BCUT2D eigenvalue weighted by Gasteiger charge is 2.58. The van der Waals surface area contributed by atoms with Crippen LogP contribution in [0.15, 0.2) is 48.5 Å². The lowest BCUT2D eigenvalue weighted by Crippen LogP contribution is -2.49. The average molecular weight is 572 g/mol. The van der Waals surface area contributed by atoms with Crippen molar-refractivity contribution in [3.8, 4) is 5.75 Å². The van der Waals surface area contributed by atoms with E-state index in [1.54, 1.807) is 30.3 Å². The molecular weight excluding hydrogens is 548 g/mol. The molecule has 4 N–H and O–H groups in total. The second kappa shape index (κ2) is 10.1. The van der Waals surface area contributed by atoms with E-state index in [1.165, 1.54) is 32.4 Å². The van der Waals surface area contributed by atoms with Gasteiger partial charge in [-0.05, 0) is 42.3 Å². The van der Waals surface area contributed by atoms with Gasteiger partial charge in [-0.25, -0.2) is 9.18 Å². The van der Waals surface area contributed by atoms with Crippen LogP contribution in [0.1, 0.15) is 50.6 Å². The summed E-state index contributed by atoms with van der Waals surface area (Å²) < 4.78 is 25.4. The third-order valence-corrected chi connectivity index (χ3v) is 7.88. The number of anilines is 2. The van der Waals surface area contributed by atoms with Crippen LogP contribution in [0.5, 0.6) is 5.75 Å². The summed E-state index contributed by atoms with van der Waals surface area (Å²) >= 11 is 12.3. The molecule has 1 unspecified atom stereocenters. The van der Waals surface area contributed by atoms with Gasteiger partial charge >= 0.3 is 5.97 Å². The zero-order chi connectivity index (χ0) is 28.1. The predicted octanol–water partition coefficient (Wildman–Crippen LogP) is 5.08. The van der Waals surface area contributed by atoms with Gasteiger partial charge in [0.15, 0.2) is 5.78 Å². The largest absolute Gasteiger partial charge is 0.496 e. The molecule has 3 aromatic carbocycles. The van der Waals surface area contributed by atoms with E-state index in [-0.39, 0.29) is 57.7 Å². The first-order chi connectivity index (χ1) is 18.6. The van der Waals surface area contributed by atoms with E-state index in [4.69, 9.17) is 38.4 Å². The molecule has 5 rings (SSSR count). The topological polar surface area (TPSA) is 120 Å². The number of esters is 1. The molecule has 11 heteroatoms. The number of hydrogen-bond donors (Lipinski definition) is 3. The number of ketones is 1. The summed E-state index contributed by atoms with van der Waals surface area (Å²) in [5.41, 5.74) is 6.44. The normalized spacial score (nSPS) is 21.5. The van der Waals surface area contributed by atoms with Crippen molar-refractivity contribution in [2.75, 3.05) is 25.3 Å². The van der Waals surface area contributed by atoms with Crippen molar-refractivity contribution in [3.63, 3.8) is 0 Å². The highest BCUT2D eigenvalue weighted by atomic mass is 35.5.